The Labute approximate surface area is 139 Å². The Morgan fingerprint density at radius 1 is 0.955 bits per heavy atom. The Morgan fingerprint density at radius 2 is 1.77 bits per heavy atom. The van der Waals surface area contributed by atoms with E-state index in [1.165, 1.54) is 11.1 Å². The van der Waals surface area contributed by atoms with Crippen LogP contribution in [0.3, 0.4) is 0 Å². The first-order valence-electron chi connectivity index (χ1n) is 7.32. The normalized spacial score (nSPS) is 10.8. The number of nitrogens with one attached hydrogen (secondary N) is 1. The molecule has 0 atom stereocenters. The first-order chi connectivity index (χ1) is 10.7. The quantitative estimate of drug-likeness (QED) is 0.670. The Balaban J connectivity index is 1.64. The molecule has 1 N–H and O–H groups in total. The first kappa shape index (κ1) is 15.1. The molecule has 3 rings (SSSR count). The molecule has 1 aromatic heterocycles. The minimum Gasteiger partial charge on any atom is -0.460 e. The molecule has 0 aliphatic carbocycles. The number of furan rings is 1. The molecule has 3 heteroatoms. The fraction of sp³-hybridized carbons (Fsp3) is 0.158. The topological polar surface area (TPSA) is 25.2 Å². The van der Waals surface area contributed by atoms with Gasteiger partial charge in [-0.2, -0.15) is 0 Å². The Morgan fingerprint density at radius 3 is 2.55 bits per heavy atom. The highest BCUT2D eigenvalue weighted by Crippen LogP contribution is 2.27. The van der Waals surface area contributed by atoms with Crippen LogP contribution < -0.4 is 5.32 Å². The van der Waals surface area contributed by atoms with Crippen molar-refractivity contribution in [2.24, 2.45) is 0 Å². The van der Waals surface area contributed by atoms with E-state index >= 15 is 0 Å². The molecule has 2 nitrogen and oxygen atoms in total. The molecule has 0 saturated heterocycles. The minimum atomic E-state index is 0.727. The number of benzene rings is 2. The van der Waals surface area contributed by atoms with Gasteiger partial charge in [0.15, 0.2) is 0 Å². The molecule has 0 amide bonds. The molecule has 0 spiro atoms. The molecule has 1 heterocycles. The zero-order chi connectivity index (χ0) is 15.4. The van der Waals surface area contributed by atoms with Crippen LogP contribution in [0.1, 0.15) is 16.9 Å². The van der Waals surface area contributed by atoms with Crippen LogP contribution in [0.15, 0.2) is 69.6 Å². The van der Waals surface area contributed by atoms with E-state index in [-0.39, 0.29) is 0 Å². The lowest BCUT2D eigenvalue weighted by atomic mass is 10.1. The van der Waals surface area contributed by atoms with Gasteiger partial charge in [0.1, 0.15) is 11.5 Å². The van der Waals surface area contributed by atoms with Crippen LogP contribution in [0, 0.1) is 6.92 Å². The van der Waals surface area contributed by atoms with Crippen molar-refractivity contribution in [2.45, 2.75) is 20.0 Å². The van der Waals surface area contributed by atoms with Crippen molar-refractivity contribution in [1.82, 2.24) is 5.32 Å². The summed E-state index contributed by atoms with van der Waals surface area (Å²) in [5.74, 6) is 1.87. The summed E-state index contributed by atoms with van der Waals surface area (Å²) in [6.07, 6.45) is 0. The van der Waals surface area contributed by atoms with Crippen molar-refractivity contribution in [3.05, 3.63) is 82.0 Å². The summed E-state index contributed by atoms with van der Waals surface area (Å²) in [7, 11) is 0. The molecule has 3 aromatic rings. The number of hydrogen-bond donors (Lipinski definition) is 1. The number of halogens is 1. The van der Waals surface area contributed by atoms with Gasteiger partial charge in [-0.3, -0.25) is 0 Å². The van der Waals surface area contributed by atoms with E-state index in [9.17, 15) is 0 Å². The van der Waals surface area contributed by atoms with Gasteiger partial charge in [0.2, 0.25) is 0 Å². The molecule has 0 fully saturated rings. The SMILES string of the molecule is Cc1cc(Br)ccc1-c1ccc(CNCc2ccccc2)o1. The van der Waals surface area contributed by atoms with E-state index in [1.54, 1.807) is 0 Å². The van der Waals surface area contributed by atoms with Crippen molar-refractivity contribution in [2.75, 3.05) is 0 Å². The molecule has 0 aliphatic rings. The number of rotatable bonds is 5. The molecule has 0 bridgehead atoms. The van der Waals surface area contributed by atoms with Crippen LogP contribution >= 0.6 is 15.9 Å². The van der Waals surface area contributed by atoms with Crippen LogP contribution in [-0.4, -0.2) is 0 Å². The van der Waals surface area contributed by atoms with Crippen molar-refractivity contribution in [3.8, 4) is 11.3 Å². The second-order valence-corrected chi connectivity index (χ2v) is 6.23. The average molecular weight is 356 g/mol. The van der Waals surface area contributed by atoms with Gasteiger partial charge in [-0.05, 0) is 48.4 Å². The van der Waals surface area contributed by atoms with E-state index in [1.807, 2.05) is 24.3 Å². The predicted molar refractivity (Wildman–Crippen MR) is 93.6 cm³/mol. The largest absolute Gasteiger partial charge is 0.460 e. The van der Waals surface area contributed by atoms with Gasteiger partial charge < -0.3 is 9.73 Å². The minimum absolute atomic E-state index is 0.727. The van der Waals surface area contributed by atoms with E-state index < -0.39 is 0 Å². The summed E-state index contributed by atoms with van der Waals surface area (Å²) in [6, 6.07) is 20.7. The van der Waals surface area contributed by atoms with Crippen LogP contribution in [0.5, 0.6) is 0 Å². The standard InChI is InChI=1S/C19H18BrNO/c1-14-11-16(20)7-9-18(14)19-10-8-17(22-19)13-21-12-15-5-3-2-4-6-15/h2-11,21H,12-13H2,1H3. The Bertz CT molecular complexity index is 749. The molecule has 112 valence electrons. The highest BCUT2D eigenvalue weighted by molar-refractivity contribution is 9.10. The molecule has 0 radical (unpaired) electrons. The van der Waals surface area contributed by atoms with Gasteiger partial charge in [-0.1, -0.05) is 46.3 Å². The summed E-state index contributed by atoms with van der Waals surface area (Å²) in [5.41, 5.74) is 3.61. The van der Waals surface area contributed by atoms with Gasteiger partial charge in [0, 0.05) is 16.6 Å². The monoisotopic (exact) mass is 355 g/mol. The number of hydrogen-bond acceptors (Lipinski definition) is 2. The molecule has 0 aliphatic heterocycles. The zero-order valence-electron chi connectivity index (χ0n) is 12.5. The summed E-state index contributed by atoms with van der Waals surface area (Å²) in [4.78, 5) is 0. The third-order valence-corrected chi connectivity index (χ3v) is 4.08. The predicted octanol–water partition coefficient (Wildman–Crippen LogP) is 5.31. The molecule has 2 aromatic carbocycles. The summed E-state index contributed by atoms with van der Waals surface area (Å²) in [6.45, 7) is 3.66. The summed E-state index contributed by atoms with van der Waals surface area (Å²) >= 11 is 3.49. The average Bonchev–Trinajstić information content (AvgIpc) is 2.97. The zero-order valence-corrected chi connectivity index (χ0v) is 14.1. The lowest BCUT2D eigenvalue weighted by molar-refractivity contribution is 0.493. The fourth-order valence-electron chi connectivity index (χ4n) is 2.45. The van der Waals surface area contributed by atoms with Gasteiger partial charge in [-0.15, -0.1) is 0 Å². The smallest absolute Gasteiger partial charge is 0.134 e. The maximum atomic E-state index is 5.95. The van der Waals surface area contributed by atoms with Crippen LogP contribution in [0.4, 0.5) is 0 Å². The maximum absolute atomic E-state index is 5.95. The van der Waals surface area contributed by atoms with Crippen LogP contribution in [0.25, 0.3) is 11.3 Å². The molecule has 22 heavy (non-hydrogen) atoms. The van der Waals surface area contributed by atoms with Crippen LogP contribution in [0.2, 0.25) is 0 Å². The highest BCUT2D eigenvalue weighted by Gasteiger charge is 2.07. The lowest BCUT2D eigenvalue weighted by Gasteiger charge is -2.04. The third kappa shape index (κ3) is 3.67. The van der Waals surface area contributed by atoms with Gasteiger partial charge in [-0.25, -0.2) is 0 Å². The van der Waals surface area contributed by atoms with Crippen LogP contribution in [-0.2, 0) is 13.1 Å². The van der Waals surface area contributed by atoms with Gasteiger partial charge in [0.25, 0.3) is 0 Å². The molecule has 0 saturated carbocycles. The summed E-state index contributed by atoms with van der Waals surface area (Å²) < 4.78 is 7.04. The second kappa shape index (κ2) is 6.95. The molecule has 0 unspecified atom stereocenters. The molecular formula is C19H18BrNO. The third-order valence-electron chi connectivity index (χ3n) is 3.59. The van der Waals surface area contributed by atoms with Gasteiger partial charge >= 0.3 is 0 Å². The maximum Gasteiger partial charge on any atom is 0.134 e. The molecular weight excluding hydrogens is 338 g/mol. The Hall–Kier alpha value is -1.84. The van der Waals surface area contributed by atoms with Crippen molar-refractivity contribution in [1.29, 1.82) is 0 Å². The fourth-order valence-corrected chi connectivity index (χ4v) is 2.92. The summed E-state index contributed by atoms with van der Waals surface area (Å²) in [5, 5.41) is 3.41. The number of aryl methyl sites for hydroxylation is 1. The highest BCUT2D eigenvalue weighted by atomic mass is 79.9. The first-order valence-corrected chi connectivity index (χ1v) is 8.11. The van der Waals surface area contributed by atoms with Crippen molar-refractivity contribution in [3.63, 3.8) is 0 Å². The second-order valence-electron chi connectivity index (χ2n) is 5.31. The van der Waals surface area contributed by atoms with E-state index in [0.717, 1.165) is 34.6 Å². The van der Waals surface area contributed by atoms with Crippen molar-refractivity contribution >= 4 is 15.9 Å². The van der Waals surface area contributed by atoms with E-state index in [2.05, 4.69) is 64.6 Å². The Kier molecular flexibility index (Phi) is 4.76. The lowest BCUT2D eigenvalue weighted by Crippen LogP contribution is -2.11. The van der Waals surface area contributed by atoms with E-state index in [4.69, 9.17) is 4.42 Å². The van der Waals surface area contributed by atoms with E-state index in [0.29, 0.717) is 0 Å². The van der Waals surface area contributed by atoms with Gasteiger partial charge in [0.05, 0.1) is 6.54 Å². The van der Waals surface area contributed by atoms with Crippen molar-refractivity contribution < 1.29 is 4.42 Å².